The first-order valence-corrected chi connectivity index (χ1v) is 11.9. The minimum atomic E-state index is -2.00. The molecule has 0 amide bonds. The SMILES string of the molecule is CN1O[C@@](O[Si](C)(C)C(C)(C)C)(c2ccccc2)C[C@@H]1C(C)(C)C. The highest BCUT2D eigenvalue weighted by atomic mass is 28.4. The molecule has 0 spiro atoms. The Morgan fingerprint density at radius 2 is 1.62 bits per heavy atom. The maximum absolute atomic E-state index is 6.91. The summed E-state index contributed by atoms with van der Waals surface area (Å²) in [7, 11) is 0.0423. The summed E-state index contributed by atoms with van der Waals surface area (Å²) in [6.45, 7) is 18.2. The van der Waals surface area contributed by atoms with Crippen LogP contribution in [0.5, 0.6) is 0 Å². The third-order valence-electron chi connectivity index (χ3n) is 5.63. The van der Waals surface area contributed by atoms with Crippen LogP contribution in [0.4, 0.5) is 0 Å². The van der Waals surface area contributed by atoms with E-state index in [0.29, 0.717) is 6.04 Å². The Morgan fingerprint density at radius 3 is 2.04 bits per heavy atom. The topological polar surface area (TPSA) is 21.7 Å². The first-order chi connectivity index (χ1) is 10.8. The molecule has 2 atom stereocenters. The third-order valence-corrected chi connectivity index (χ3v) is 10.1. The molecule has 1 saturated heterocycles. The predicted octanol–water partition coefficient (Wildman–Crippen LogP) is 5.54. The lowest BCUT2D eigenvalue weighted by molar-refractivity contribution is -0.279. The van der Waals surface area contributed by atoms with E-state index in [-0.39, 0.29) is 10.5 Å². The van der Waals surface area contributed by atoms with Crippen LogP contribution in [-0.4, -0.2) is 26.5 Å². The molecule has 0 bridgehead atoms. The second kappa shape index (κ2) is 6.24. The van der Waals surface area contributed by atoms with E-state index >= 15 is 0 Å². The summed E-state index contributed by atoms with van der Waals surface area (Å²) >= 11 is 0. The molecule has 2 rings (SSSR count). The minimum absolute atomic E-state index is 0.127. The van der Waals surface area contributed by atoms with Crippen LogP contribution in [0.3, 0.4) is 0 Å². The zero-order valence-corrected chi connectivity index (χ0v) is 17.9. The van der Waals surface area contributed by atoms with Crippen LogP contribution >= 0.6 is 0 Å². The Bertz CT molecular complexity index is 559. The molecule has 24 heavy (non-hydrogen) atoms. The fourth-order valence-corrected chi connectivity index (χ4v) is 4.48. The van der Waals surface area contributed by atoms with E-state index in [1.54, 1.807) is 0 Å². The highest BCUT2D eigenvalue weighted by Gasteiger charge is 2.54. The lowest BCUT2D eigenvalue weighted by Gasteiger charge is -2.43. The van der Waals surface area contributed by atoms with Crippen molar-refractivity contribution in [2.45, 2.75) is 77.9 Å². The van der Waals surface area contributed by atoms with Crippen molar-refractivity contribution in [2.75, 3.05) is 7.05 Å². The van der Waals surface area contributed by atoms with Crippen molar-refractivity contribution in [3.05, 3.63) is 35.9 Å². The highest BCUT2D eigenvalue weighted by molar-refractivity contribution is 6.74. The summed E-state index contributed by atoms with van der Waals surface area (Å²) in [5.41, 5.74) is 1.25. The molecule has 1 aliphatic heterocycles. The number of nitrogens with zero attached hydrogens (tertiary/aromatic N) is 1. The van der Waals surface area contributed by atoms with Gasteiger partial charge in [0.1, 0.15) is 0 Å². The van der Waals surface area contributed by atoms with E-state index in [9.17, 15) is 0 Å². The zero-order chi connectivity index (χ0) is 18.4. The summed E-state index contributed by atoms with van der Waals surface area (Å²) < 4.78 is 6.91. The number of hydrogen-bond acceptors (Lipinski definition) is 3. The molecule has 0 radical (unpaired) electrons. The summed E-state index contributed by atoms with van der Waals surface area (Å²) in [5.74, 6) is -0.684. The van der Waals surface area contributed by atoms with Crippen molar-refractivity contribution in [3.63, 3.8) is 0 Å². The lowest BCUT2D eigenvalue weighted by Crippen LogP contribution is -2.48. The molecule has 136 valence electrons. The first-order valence-electron chi connectivity index (χ1n) is 8.96. The van der Waals surface area contributed by atoms with Crippen molar-refractivity contribution in [1.82, 2.24) is 5.06 Å². The molecule has 1 aromatic carbocycles. The Hall–Kier alpha value is -0.683. The fraction of sp³-hybridized carbons (Fsp3) is 0.700. The summed E-state index contributed by atoms with van der Waals surface area (Å²) in [5, 5.41) is 2.15. The van der Waals surface area contributed by atoms with Crippen LogP contribution in [0, 0.1) is 5.41 Å². The standard InChI is InChI=1S/C20H35NO2Si/c1-18(2,3)17-15-20(22-21(17)7,16-13-11-10-12-14-16)23-24(8,9)19(4,5)6/h10-14,17H,15H2,1-9H3/t17-,20+/m1/s1. The monoisotopic (exact) mass is 349 g/mol. The largest absolute Gasteiger partial charge is 0.385 e. The zero-order valence-electron chi connectivity index (χ0n) is 16.9. The normalized spacial score (nSPS) is 26.8. The number of benzene rings is 1. The van der Waals surface area contributed by atoms with Gasteiger partial charge in [0.2, 0.25) is 5.79 Å². The van der Waals surface area contributed by atoms with Crippen molar-refractivity contribution in [3.8, 4) is 0 Å². The third kappa shape index (κ3) is 3.77. The van der Waals surface area contributed by atoms with Crippen molar-refractivity contribution in [2.24, 2.45) is 5.41 Å². The minimum Gasteiger partial charge on any atom is -0.385 e. The van der Waals surface area contributed by atoms with Crippen molar-refractivity contribution in [1.29, 1.82) is 0 Å². The number of hydroxylamine groups is 2. The smallest absolute Gasteiger partial charge is 0.206 e. The van der Waals surface area contributed by atoms with Gasteiger partial charge in [-0.15, -0.1) is 0 Å². The summed E-state index contributed by atoms with van der Waals surface area (Å²) in [6.07, 6.45) is 0.851. The summed E-state index contributed by atoms with van der Waals surface area (Å²) in [6, 6.07) is 10.8. The quantitative estimate of drug-likeness (QED) is 0.668. The van der Waals surface area contributed by atoms with Gasteiger partial charge in [0.05, 0.1) is 0 Å². The lowest BCUT2D eigenvalue weighted by atomic mass is 9.82. The van der Waals surface area contributed by atoms with Crippen LogP contribution in [0.25, 0.3) is 0 Å². The van der Waals surface area contributed by atoms with E-state index in [2.05, 4.69) is 78.9 Å². The maximum Gasteiger partial charge on any atom is 0.206 e. The molecule has 0 aliphatic carbocycles. The average Bonchev–Trinajstić information content (AvgIpc) is 2.76. The molecule has 3 nitrogen and oxygen atoms in total. The average molecular weight is 350 g/mol. The van der Waals surface area contributed by atoms with Crippen LogP contribution < -0.4 is 0 Å². The molecular weight excluding hydrogens is 314 g/mol. The van der Waals surface area contributed by atoms with Gasteiger partial charge in [0, 0.05) is 25.1 Å². The van der Waals surface area contributed by atoms with Crippen LogP contribution in [-0.2, 0) is 15.1 Å². The van der Waals surface area contributed by atoms with Gasteiger partial charge in [0.15, 0.2) is 8.32 Å². The van der Waals surface area contributed by atoms with Gasteiger partial charge in [-0.1, -0.05) is 71.9 Å². The molecule has 0 unspecified atom stereocenters. The van der Waals surface area contributed by atoms with Gasteiger partial charge < -0.3 is 4.43 Å². The van der Waals surface area contributed by atoms with Gasteiger partial charge in [-0.3, -0.25) is 4.84 Å². The molecule has 0 saturated carbocycles. The van der Waals surface area contributed by atoms with Gasteiger partial charge >= 0.3 is 0 Å². The van der Waals surface area contributed by atoms with E-state index < -0.39 is 14.1 Å². The van der Waals surface area contributed by atoms with Crippen LogP contribution in [0.1, 0.15) is 53.5 Å². The maximum atomic E-state index is 6.91. The summed E-state index contributed by atoms with van der Waals surface area (Å²) in [4.78, 5) is 6.45. The van der Waals surface area contributed by atoms with E-state index in [4.69, 9.17) is 9.26 Å². The molecule has 1 fully saturated rings. The fourth-order valence-electron chi connectivity index (χ4n) is 3.12. The molecule has 4 heteroatoms. The Morgan fingerprint density at radius 1 is 1.08 bits per heavy atom. The molecule has 1 aromatic rings. The van der Waals surface area contributed by atoms with Crippen molar-refractivity contribution >= 4 is 8.32 Å². The van der Waals surface area contributed by atoms with Gasteiger partial charge in [-0.2, -0.15) is 5.06 Å². The van der Waals surface area contributed by atoms with Crippen LogP contribution in [0.15, 0.2) is 30.3 Å². The van der Waals surface area contributed by atoms with Gasteiger partial charge in [-0.25, -0.2) is 0 Å². The molecule has 0 aromatic heterocycles. The van der Waals surface area contributed by atoms with Crippen LogP contribution in [0.2, 0.25) is 18.1 Å². The predicted molar refractivity (Wildman–Crippen MR) is 103 cm³/mol. The first kappa shape index (κ1) is 19.6. The van der Waals surface area contributed by atoms with Gasteiger partial charge in [-0.05, 0) is 23.5 Å². The molecule has 1 heterocycles. The Kier molecular flexibility index (Phi) is 5.11. The van der Waals surface area contributed by atoms with E-state index in [1.165, 1.54) is 0 Å². The second-order valence-electron chi connectivity index (χ2n) is 9.70. The number of hydrogen-bond donors (Lipinski definition) is 0. The Balaban J connectivity index is 2.46. The second-order valence-corrected chi connectivity index (χ2v) is 14.4. The highest BCUT2D eigenvalue weighted by Crippen LogP contribution is 2.50. The molecule has 0 N–H and O–H groups in total. The van der Waals surface area contributed by atoms with Crippen molar-refractivity contribution < 1.29 is 9.26 Å². The number of rotatable bonds is 3. The molecule has 1 aliphatic rings. The van der Waals surface area contributed by atoms with Gasteiger partial charge in [0.25, 0.3) is 0 Å². The molecular formula is C20H35NO2Si. The van der Waals surface area contributed by atoms with E-state index in [0.717, 1.165) is 12.0 Å². The van der Waals surface area contributed by atoms with E-state index in [1.807, 2.05) is 18.2 Å². The Labute approximate surface area is 149 Å².